The van der Waals surface area contributed by atoms with Crippen molar-refractivity contribution in [3.05, 3.63) is 46.5 Å². The van der Waals surface area contributed by atoms with Gasteiger partial charge >= 0.3 is 0 Å². The Kier molecular flexibility index (Phi) is 2.49. The molecule has 6 heteroatoms. The van der Waals surface area contributed by atoms with Gasteiger partial charge in [0.15, 0.2) is 17.2 Å². The maximum Gasteiger partial charge on any atom is 0.296 e. The van der Waals surface area contributed by atoms with Crippen LogP contribution in [0.5, 0.6) is 17.2 Å². The highest BCUT2D eigenvalue weighted by molar-refractivity contribution is 5.82. The van der Waals surface area contributed by atoms with Gasteiger partial charge in [-0.05, 0) is 18.2 Å². The lowest BCUT2D eigenvalue weighted by atomic mass is 10.2. The zero-order chi connectivity index (χ0) is 13.4. The van der Waals surface area contributed by atoms with E-state index >= 15 is 0 Å². The van der Waals surface area contributed by atoms with E-state index in [9.17, 15) is 10.1 Å². The summed E-state index contributed by atoms with van der Waals surface area (Å²) < 4.78 is 10.8. The molecule has 0 unspecified atom stereocenters. The Labute approximate surface area is 108 Å². The Balaban J connectivity index is 2.08. The Hall–Kier alpha value is -2.76. The highest BCUT2D eigenvalue weighted by atomic mass is 16.6. The minimum atomic E-state index is -0.441. The van der Waals surface area contributed by atoms with E-state index in [2.05, 4.69) is 5.32 Å². The predicted molar refractivity (Wildman–Crippen MR) is 69.4 cm³/mol. The van der Waals surface area contributed by atoms with Crippen LogP contribution in [0.3, 0.4) is 0 Å². The number of hydrogen-bond donors (Lipinski definition) is 1. The molecule has 0 saturated carbocycles. The molecule has 0 fully saturated rings. The molecule has 3 rings (SSSR count). The summed E-state index contributed by atoms with van der Waals surface area (Å²) in [5, 5.41) is 14.0. The molecule has 6 nitrogen and oxygen atoms in total. The van der Waals surface area contributed by atoms with Gasteiger partial charge < -0.3 is 14.8 Å². The lowest BCUT2D eigenvalue weighted by Crippen LogP contribution is -2.05. The molecule has 0 spiro atoms. The average Bonchev–Trinajstić information content (AvgIpc) is 2.43. The van der Waals surface area contributed by atoms with Crippen molar-refractivity contribution in [3.63, 3.8) is 0 Å². The van der Waals surface area contributed by atoms with Crippen molar-refractivity contribution in [2.24, 2.45) is 0 Å². The second kappa shape index (κ2) is 4.16. The fourth-order valence-corrected chi connectivity index (χ4v) is 1.95. The number of nitrogens with zero attached hydrogens (tertiary/aromatic N) is 1. The SMILES string of the molecule is COc1ccc2c(c1)Oc1cccc([N+](=O)[O-])c1N2. The van der Waals surface area contributed by atoms with Crippen molar-refractivity contribution in [1.29, 1.82) is 0 Å². The first kappa shape index (κ1) is 11.3. The van der Waals surface area contributed by atoms with Gasteiger partial charge in [-0.15, -0.1) is 0 Å². The molecule has 0 aromatic heterocycles. The van der Waals surface area contributed by atoms with E-state index in [0.29, 0.717) is 28.6 Å². The molecule has 2 aromatic carbocycles. The summed E-state index contributed by atoms with van der Waals surface area (Å²) in [6.45, 7) is 0. The maximum absolute atomic E-state index is 11.0. The van der Waals surface area contributed by atoms with Crippen LogP contribution in [0.15, 0.2) is 36.4 Å². The first-order chi connectivity index (χ1) is 9.19. The minimum Gasteiger partial charge on any atom is -0.497 e. The van der Waals surface area contributed by atoms with E-state index in [-0.39, 0.29) is 5.69 Å². The monoisotopic (exact) mass is 258 g/mol. The van der Waals surface area contributed by atoms with Crippen LogP contribution in [0, 0.1) is 10.1 Å². The molecule has 0 bridgehead atoms. The van der Waals surface area contributed by atoms with Crippen LogP contribution in [0.25, 0.3) is 0 Å². The first-order valence-electron chi connectivity index (χ1n) is 5.59. The summed E-state index contributed by atoms with van der Waals surface area (Å²) in [5.74, 6) is 1.66. The van der Waals surface area contributed by atoms with Crippen molar-refractivity contribution in [2.75, 3.05) is 12.4 Å². The summed E-state index contributed by atoms with van der Waals surface area (Å²) >= 11 is 0. The van der Waals surface area contributed by atoms with Crippen molar-refractivity contribution in [3.8, 4) is 17.2 Å². The zero-order valence-electron chi connectivity index (χ0n) is 10.0. The lowest BCUT2D eigenvalue weighted by molar-refractivity contribution is -0.384. The van der Waals surface area contributed by atoms with Gasteiger partial charge in [0.2, 0.25) is 0 Å². The summed E-state index contributed by atoms with van der Waals surface area (Å²) in [5.41, 5.74) is 1.02. The molecular formula is C13H10N2O4. The Morgan fingerprint density at radius 1 is 1.26 bits per heavy atom. The van der Waals surface area contributed by atoms with Crippen molar-refractivity contribution in [1.82, 2.24) is 0 Å². The van der Waals surface area contributed by atoms with Gasteiger partial charge in [-0.25, -0.2) is 0 Å². The molecule has 96 valence electrons. The van der Waals surface area contributed by atoms with Gasteiger partial charge in [0.1, 0.15) is 5.75 Å². The highest BCUT2D eigenvalue weighted by Crippen LogP contribution is 2.46. The molecule has 1 heterocycles. The Bertz CT molecular complexity index is 670. The number of methoxy groups -OCH3 is 1. The molecular weight excluding hydrogens is 248 g/mol. The number of para-hydroxylation sites is 1. The molecule has 1 aliphatic rings. The summed E-state index contributed by atoms with van der Waals surface area (Å²) in [7, 11) is 1.57. The quantitative estimate of drug-likeness (QED) is 0.563. The molecule has 1 N–H and O–H groups in total. The summed E-state index contributed by atoms with van der Waals surface area (Å²) in [4.78, 5) is 10.5. The van der Waals surface area contributed by atoms with Crippen LogP contribution in [0.1, 0.15) is 0 Å². The van der Waals surface area contributed by atoms with E-state index in [1.807, 2.05) is 0 Å². The van der Waals surface area contributed by atoms with Crippen LogP contribution in [0.2, 0.25) is 0 Å². The number of fused-ring (bicyclic) bond motifs is 2. The van der Waals surface area contributed by atoms with Gasteiger partial charge in [0.05, 0.1) is 17.7 Å². The van der Waals surface area contributed by atoms with Crippen molar-refractivity contribution >= 4 is 17.1 Å². The predicted octanol–water partition coefficient (Wildman–Crippen LogP) is 3.45. The third-order valence-electron chi connectivity index (χ3n) is 2.87. The molecule has 2 aromatic rings. The number of anilines is 2. The number of nitro groups is 1. The summed E-state index contributed by atoms with van der Waals surface area (Å²) in [6.07, 6.45) is 0. The number of benzene rings is 2. The molecule has 19 heavy (non-hydrogen) atoms. The van der Waals surface area contributed by atoms with Crippen LogP contribution in [0.4, 0.5) is 17.1 Å². The lowest BCUT2D eigenvalue weighted by Gasteiger charge is -2.21. The number of ether oxygens (including phenoxy) is 2. The van der Waals surface area contributed by atoms with E-state index in [0.717, 1.165) is 0 Å². The van der Waals surface area contributed by atoms with Crippen molar-refractivity contribution in [2.45, 2.75) is 0 Å². The highest BCUT2D eigenvalue weighted by Gasteiger charge is 2.24. The van der Waals surface area contributed by atoms with Gasteiger partial charge in [-0.1, -0.05) is 6.07 Å². The number of nitro benzene ring substituents is 1. The third-order valence-corrected chi connectivity index (χ3v) is 2.87. The minimum absolute atomic E-state index is 0.0148. The third kappa shape index (κ3) is 1.83. The van der Waals surface area contributed by atoms with E-state index < -0.39 is 4.92 Å². The van der Waals surface area contributed by atoms with E-state index in [4.69, 9.17) is 9.47 Å². The van der Waals surface area contributed by atoms with E-state index in [1.54, 1.807) is 37.4 Å². The van der Waals surface area contributed by atoms with Crippen LogP contribution < -0.4 is 14.8 Å². The van der Waals surface area contributed by atoms with Crippen molar-refractivity contribution < 1.29 is 14.4 Å². The largest absolute Gasteiger partial charge is 0.497 e. The smallest absolute Gasteiger partial charge is 0.296 e. The fourth-order valence-electron chi connectivity index (χ4n) is 1.95. The normalized spacial score (nSPS) is 11.6. The van der Waals surface area contributed by atoms with Gasteiger partial charge in [-0.3, -0.25) is 10.1 Å². The second-order valence-electron chi connectivity index (χ2n) is 4.00. The topological polar surface area (TPSA) is 73.6 Å². The molecule has 1 aliphatic heterocycles. The Morgan fingerprint density at radius 3 is 2.84 bits per heavy atom. The molecule has 0 amide bonds. The number of rotatable bonds is 2. The second-order valence-corrected chi connectivity index (χ2v) is 4.00. The van der Waals surface area contributed by atoms with E-state index in [1.165, 1.54) is 6.07 Å². The maximum atomic E-state index is 11.0. The number of hydrogen-bond acceptors (Lipinski definition) is 5. The average molecular weight is 258 g/mol. The van der Waals surface area contributed by atoms with Gasteiger partial charge in [0, 0.05) is 12.1 Å². The van der Waals surface area contributed by atoms with Gasteiger partial charge in [-0.2, -0.15) is 0 Å². The molecule has 0 saturated heterocycles. The fraction of sp³-hybridized carbons (Fsp3) is 0.0769. The number of nitrogens with one attached hydrogen (secondary N) is 1. The summed E-state index contributed by atoms with van der Waals surface area (Å²) in [6, 6.07) is 9.94. The van der Waals surface area contributed by atoms with Gasteiger partial charge in [0.25, 0.3) is 5.69 Å². The zero-order valence-corrected chi connectivity index (χ0v) is 10.0. The van der Waals surface area contributed by atoms with Crippen LogP contribution in [-0.4, -0.2) is 12.0 Å². The first-order valence-corrected chi connectivity index (χ1v) is 5.59. The molecule has 0 atom stereocenters. The van der Waals surface area contributed by atoms with Crippen LogP contribution >= 0.6 is 0 Å². The standard InChI is InChI=1S/C13H10N2O4/c1-18-8-5-6-9-12(7-8)19-11-4-2-3-10(15(16)17)13(11)14-9/h2-7,14H,1H3. The molecule has 0 aliphatic carbocycles. The van der Waals surface area contributed by atoms with Crippen LogP contribution in [-0.2, 0) is 0 Å². The molecule has 0 radical (unpaired) electrons. The Morgan fingerprint density at radius 2 is 2.11 bits per heavy atom.